The second kappa shape index (κ2) is 6.06. The van der Waals surface area contributed by atoms with Crippen LogP contribution in [0, 0.1) is 12.8 Å². The van der Waals surface area contributed by atoms with Gasteiger partial charge in [-0.05, 0) is 47.6 Å². The molecular formula is C15H24N2OS. The highest BCUT2D eigenvalue weighted by molar-refractivity contribution is 7.08. The first-order chi connectivity index (χ1) is 9.02. The first-order valence-electron chi connectivity index (χ1n) is 7.11. The van der Waals surface area contributed by atoms with Gasteiger partial charge in [-0.3, -0.25) is 10.1 Å². The van der Waals surface area contributed by atoms with Gasteiger partial charge in [0.2, 0.25) is 5.91 Å². The molecule has 2 heterocycles. The van der Waals surface area contributed by atoms with Crippen LogP contribution in [0.4, 0.5) is 0 Å². The van der Waals surface area contributed by atoms with Gasteiger partial charge in [0.05, 0.1) is 12.2 Å². The maximum absolute atomic E-state index is 12.4. The molecule has 2 rings (SSSR count). The number of carbonyl (C=O) groups excluding carboxylic acids is 1. The summed E-state index contributed by atoms with van der Waals surface area (Å²) in [7, 11) is 0. The summed E-state index contributed by atoms with van der Waals surface area (Å²) in [6.45, 7) is 9.35. The van der Waals surface area contributed by atoms with Crippen molar-refractivity contribution in [3.8, 4) is 0 Å². The monoisotopic (exact) mass is 280 g/mol. The standard InChI is InChI=1S/C15H24N2OS/c1-5-13-15(18)17(14(16-13)6-10(2)3)7-12-9-19-8-11(12)4/h8-10,13-14,16H,5-7H2,1-4H3. The SMILES string of the molecule is CCC1NC(CC(C)C)N(Cc2cscc2C)C1=O. The van der Waals surface area contributed by atoms with E-state index in [0.29, 0.717) is 5.92 Å². The number of carbonyl (C=O) groups is 1. The summed E-state index contributed by atoms with van der Waals surface area (Å²) < 4.78 is 0. The minimum Gasteiger partial charge on any atom is -0.321 e. The van der Waals surface area contributed by atoms with Gasteiger partial charge in [-0.2, -0.15) is 11.3 Å². The third-order valence-corrected chi connectivity index (χ3v) is 4.67. The van der Waals surface area contributed by atoms with Gasteiger partial charge < -0.3 is 4.90 Å². The van der Waals surface area contributed by atoms with Crippen LogP contribution in [0.25, 0.3) is 0 Å². The van der Waals surface area contributed by atoms with E-state index in [1.54, 1.807) is 11.3 Å². The number of rotatable bonds is 5. The molecule has 0 bridgehead atoms. The number of thiophene rings is 1. The molecule has 1 aliphatic rings. The third-order valence-electron chi connectivity index (χ3n) is 3.76. The van der Waals surface area contributed by atoms with Gasteiger partial charge in [-0.1, -0.05) is 20.8 Å². The largest absolute Gasteiger partial charge is 0.321 e. The number of hydrogen-bond acceptors (Lipinski definition) is 3. The molecular weight excluding hydrogens is 256 g/mol. The summed E-state index contributed by atoms with van der Waals surface area (Å²) >= 11 is 1.71. The molecule has 2 atom stereocenters. The zero-order valence-corrected chi connectivity index (χ0v) is 13.1. The van der Waals surface area contributed by atoms with Gasteiger partial charge in [0.15, 0.2) is 0 Å². The Morgan fingerprint density at radius 2 is 2.16 bits per heavy atom. The van der Waals surface area contributed by atoms with Crippen LogP contribution < -0.4 is 5.32 Å². The molecule has 4 heteroatoms. The zero-order valence-electron chi connectivity index (χ0n) is 12.3. The van der Waals surface area contributed by atoms with Gasteiger partial charge >= 0.3 is 0 Å². The number of nitrogens with one attached hydrogen (secondary N) is 1. The fourth-order valence-electron chi connectivity index (χ4n) is 2.60. The first kappa shape index (κ1) is 14.5. The van der Waals surface area contributed by atoms with Crippen LogP contribution in [0.1, 0.15) is 44.7 Å². The topological polar surface area (TPSA) is 32.3 Å². The van der Waals surface area contributed by atoms with Crippen LogP contribution in [0.3, 0.4) is 0 Å². The Hall–Kier alpha value is -0.870. The van der Waals surface area contributed by atoms with Crippen molar-refractivity contribution in [2.45, 2.75) is 59.3 Å². The molecule has 1 aliphatic heterocycles. The molecule has 0 aliphatic carbocycles. The van der Waals surface area contributed by atoms with Crippen LogP contribution in [-0.4, -0.2) is 23.0 Å². The van der Waals surface area contributed by atoms with Gasteiger partial charge in [-0.15, -0.1) is 0 Å². The molecule has 1 N–H and O–H groups in total. The van der Waals surface area contributed by atoms with E-state index < -0.39 is 0 Å². The number of hydrogen-bond donors (Lipinski definition) is 1. The Bertz CT molecular complexity index is 441. The quantitative estimate of drug-likeness (QED) is 0.898. The summed E-state index contributed by atoms with van der Waals surface area (Å²) in [6, 6.07) is 0.00249. The fourth-order valence-corrected chi connectivity index (χ4v) is 3.45. The maximum atomic E-state index is 12.4. The molecule has 0 radical (unpaired) electrons. The average Bonchev–Trinajstić information content (AvgIpc) is 2.87. The Morgan fingerprint density at radius 3 is 2.68 bits per heavy atom. The van der Waals surface area contributed by atoms with Crippen LogP contribution >= 0.6 is 11.3 Å². The molecule has 106 valence electrons. The van der Waals surface area contributed by atoms with E-state index in [0.717, 1.165) is 19.4 Å². The molecule has 19 heavy (non-hydrogen) atoms. The Labute approximate surface area is 120 Å². The van der Waals surface area contributed by atoms with Gasteiger partial charge in [0.25, 0.3) is 0 Å². The molecule has 1 saturated heterocycles. The molecule has 3 nitrogen and oxygen atoms in total. The van der Waals surface area contributed by atoms with Crippen molar-refractivity contribution >= 4 is 17.2 Å². The summed E-state index contributed by atoms with van der Waals surface area (Å²) in [5, 5.41) is 7.80. The lowest BCUT2D eigenvalue weighted by atomic mass is 10.1. The molecule has 0 spiro atoms. The zero-order chi connectivity index (χ0) is 14.0. The fraction of sp³-hybridized carbons (Fsp3) is 0.667. The lowest BCUT2D eigenvalue weighted by Gasteiger charge is -2.25. The Morgan fingerprint density at radius 1 is 1.42 bits per heavy atom. The van der Waals surface area contributed by atoms with E-state index in [1.807, 2.05) is 4.90 Å². The first-order valence-corrected chi connectivity index (χ1v) is 8.05. The Kier molecular flexibility index (Phi) is 4.63. The molecule has 1 fully saturated rings. The number of nitrogens with zero attached hydrogens (tertiary/aromatic N) is 1. The predicted octanol–water partition coefficient (Wildman–Crippen LogP) is 3.14. The van der Waals surface area contributed by atoms with Crippen LogP contribution in [0.5, 0.6) is 0 Å². The van der Waals surface area contributed by atoms with Gasteiger partial charge in [0.1, 0.15) is 0 Å². The maximum Gasteiger partial charge on any atom is 0.241 e. The minimum absolute atomic E-state index is 0.00249. The minimum atomic E-state index is 0.00249. The van der Waals surface area contributed by atoms with Crippen molar-refractivity contribution in [3.05, 3.63) is 21.9 Å². The second-order valence-electron chi connectivity index (χ2n) is 5.82. The summed E-state index contributed by atoms with van der Waals surface area (Å²) in [6.07, 6.45) is 2.08. The van der Waals surface area contributed by atoms with Crippen LogP contribution in [0.15, 0.2) is 10.8 Å². The second-order valence-corrected chi connectivity index (χ2v) is 6.56. The molecule has 1 aromatic heterocycles. The van der Waals surface area contributed by atoms with Crippen molar-refractivity contribution in [2.75, 3.05) is 0 Å². The predicted molar refractivity (Wildman–Crippen MR) is 80.1 cm³/mol. The van der Waals surface area contributed by atoms with E-state index in [9.17, 15) is 4.79 Å². The summed E-state index contributed by atoms with van der Waals surface area (Å²) in [5.41, 5.74) is 2.58. The number of aryl methyl sites for hydroxylation is 1. The smallest absolute Gasteiger partial charge is 0.241 e. The average molecular weight is 280 g/mol. The molecule has 2 unspecified atom stereocenters. The lowest BCUT2D eigenvalue weighted by Crippen LogP contribution is -2.38. The summed E-state index contributed by atoms with van der Waals surface area (Å²) in [5.74, 6) is 0.853. The number of amides is 1. The van der Waals surface area contributed by atoms with Crippen molar-refractivity contribution in [1.82, 2.24) is 10.2 Å². The van der Waals surface area contributed by atoms with E-state index >= 15 is 0 Å². The molecule has 1 aromatic rings. The van der Waals surface area contributed by atoms with E-state index in [4.69, 9.17) is 0 Å². The third kappa shape index (κ3) is 3.18. The van der Waals surface area contributed by atoms with Crippen molar-refractivity contribution in [3.63, 3.8) is 0 Å². The normalized spacial score (nSPS) is 23.6. The van der Waals surface area contributed by atoms with Gasteiger partial charge in [0, 0.05) is 6.54 Å². The highest BCUT2D eigenvalue weighted by atomic mass is 32.1. The summed E-state index contributed by atoms with van der Waals surface area (Å²) in [4.78, 5) is 14.5. The highest BCUT2D eigenvalue weighted by Gasteiger charge is 2.37. The Balaban J connectivity index is 2.14. The van der Waals surface area contributed by atoms with Crippen LogP contribution in [-0.2, 0) is 11.3 Å². The lowest BCUT2D eigenvalue weighted by molar-refractivity contribution is -0.130. The molecule has 0 aromatic carbocycles. The van der Waals surface area contributed by atoms with Gasteiger partial charge in [-0.25, -0.2) is 0 Å². The molecule has 1 amide bonds. The van der Waals surface area contributed by atoms with E-state index in [1.165, 1.54) is 11.1 Å². The van der Waals surface area contributed by atoms with E-state index in [-0.39, 0.29) is 18.1 Å². The van der Waals surface area contributed by atoms with Crippen molar-refractivity contribution in [2.24, 2.45) is 5.92 Å². The highest BCUT2D eigenvalue weighted by Crippen LogP contribution is 2.24. The molecule has 0 saturated carbocycles. The van der Waals surface area contributed by atoms with Crippen LogP contribution in [0.2, 0.25) is 0 Å². The van der Waals surface area contributed by atoms with Crippen molar-refractivity contribution in [1.29, 1.82) is 0 Å². The van der Waals surface area contributed by atoms with Crippen molar-refractivity contribution < 1.29 is 4.79 Å². The van der Waals surface area contributed by atoms with E-state index in [2.05, 4.69) is 43.8 Å².